The Morgan fingerprint density at radius 3 is 2.29 bits per heavy atom. The SMILES string of the molecule is COC(=O)C1(C)C2C(=O)OC(=O)C2C1(C)C=O. The average Bonchev–Trinajstić information content (AvgIpc) is 2.59. The fourth-order valence-electron chi connectivity index (χ4n) is 2.97. The van der Waals surface area contributed by atoms with Gasteiger partial charge in [-0.3, -0.25) is 14.4 Å². The highest BCUT2D eigenvalue weighted by Crippen LogP contribution is 2.66. The van der Waals surface area contributed by atoms with Gasteiger partial charge < -0.3 is 14.3 Å². The summed E-state index contributed by atoms with van der Waals surface area (Å²) in [5, 5.41) is 0. The summed E-state index contributed by atoms with van der Waals surface area (Å²) in [5.74, 6) is -3.97. The zero-order chi connectivity index (χ0) is 13.0. The first kappa shape index (κ1) is 11.8. The Morgan fingerprint density at radius 1 is 1.29 bits per heavy atom. The molecule has 2 rings (SSSR count). The molecule has 1 aliphatic carbocycles. The van der Waals surface area contributed by atoms with Crippen molar-refractivity contribution in [3.63, 3.8) is 0 Å². The highest BCUT2D eigenvalue weighted by atomic mass is 16.6. The number of esters is 3. The minimum Gasteiger partial charge on any atom is -0.469 e. The zero-order valence-corrected chi connectivity index (χ0v) is 9.68. The molecular formula is C11H12O6. The van der Waals surface area contributed by atoms with Crippen LogP contribution in [0, 0.1) is 22.7 Å². The number of cyclic esters (lactones) is 2. The summed E-state index contributed by atoms with van der Waals surface area (Å²) in [7, 11) is 1.17. The van der Waals surface area contributed by atoms with E-state index in [0.717, 1.165) is 0 Å². The standard InChI is InChI=1S/C11H12O6/c1-10(4-12)5-6(8(14)17-7(5)13)11(10,2)9(15)16-3/h4-6H,1-3H3. The first-order chi connectivity index (χ1) is 7.84. The number of methoxy groups -OCH3 is 1. The van der Waals surface area contributed by atoms with Gasteiger partial charge in [-0.25, -0.2) is 0 Å². The van der Waals surface area contributed by atoms with E-state index in [9.17, 15) is 19.2 Å². The third kappa shape index (κ3) is 1.01. The predicted molar refractivity (Wildman–Crippen MR) is 52.4 cm³/mol. The maximum absolute atomic E-state index is 11.8. The molecule has 0 radical (unpaired) electrons. The number of fused-ring (bicyclic) bond motifs is 1. The van der Waals surface area contributed by atoms with Crippen molar-refractivity contribution in [2.45, 2.75) is 13.8 Å². The lowest BCUT2D eigenvalue weighted by Gasteiger charge is -2.56. The van der Waals surface area contributed by atoms with Crippen LogP contribution in [0.1, 0.15) is 13.8 Å². The van der Waals surface area contributed by atoms with Crippen molar-refractivity contribution in [3.05, 3.63) is 0 Å². The van der Waals surface area contributed by atoms with Crippen LogP contribution in [-0.4, -0.2) is 31.3 Å². The molecule has 1 aliphatic heterocycles. The Hall–Kier alpha value is -1.72. The van der Waals surface area contributed by atoms with Crippen LogP contribution in [0.2, 0.25) is 0 Å². The van der Waals surface area contributed by atoms with E-state index in [-0.39, 0.29) is 0 Å². The highest BCUT2D eigenvalue weighted by Gasteiger charge is 2.80. The summed E-state index contributed by atoms with van der Waals surface area (Å²) in [6.07, 6.45) is 0.533. The largest absolute Gasteiger partial charge is 0.469 e. The molecule has 4 unspecified atom stereocenters. The molecule has 1 heterocycles. The molecule has 92 valence electrons. The van der Waals surface area contributed by atoms with E-state index in [1.165, 1.54) is 21.0 Å². The van der Waals surface area contributed by atoms with Crippen LogP contribution in [0.15, 0.2) is 0 Å². The molecule has 17 heavy (non-hydrogen) atoms. The molecule has 2 aliphatic rings. The molecular weight excluding hydrogens is 228 g/mol. The van der Waals surface area contributed by atoms with Gasteiger partial charge in [-0.2, -0.15) is 0 Å². The van der Waals surface area contributed by atoms with E-state index >= 15 is 0 Å². The van der Waals surface area contributed by atoms with Crippen LogP contribution in [0.3, 0.4) is 0 Å². The number of carbonyl (C=O) groups is 4. The average molecular weight is 240 g/mol. The van der Waals surface area contributed by atoms with Crippen molar-refractivity contribution in [2.24, 2.45) is 22.7 Å². The summed E-state index contributed by atoms with van der Waals surface area (Å²) >= 11 is 0. The maximum atomic E-state index is 11.8. The second-order valence-corrected chi connectivity index (χ2v) is 4.79. The molecule has 0 aromatic rings. The van der Waals surface area contributed by atoms with Crippen molar-refractivity contribution >= 4 is 24.2 Å². The lowest BCUT2D eigenvalue weighted by Crippen LogP contribution is -2.68. The third-order valence-electron chi connectivity index (χ3n) is 4.28. The summed E-state index contributed by atoms with van der Waals surface area (Å²) in [4.78, 5) is 46.0. The highest BCUT2D eigenvalue weighted by molar-refractivity contribution is 6.07. The number of hydrogen-bond acceptors (Lipinski definition) is 6. The second kappa shape index (κ2) is 3.15. The Balaban J connectivity index is 2.53. The van der Waals surface area contributed by atoms with E-state index in [1.54, 1.807) is 0 Å². The minimum atomic E-state index is -1.34. The molecule has 6 heteroatoms. The van der Waals surface area contributed by atoms with Crippen molar-refractivity contribution < 1.29 is 28.7 Å². The first-order valence-corrected chi connectivity index (χ1v) is 5.15. The number of hydrogen-bond donors (Lipinski definition) is 0. The van der Waals surface area contributed by atoms with Crippen LogP contribution >= 0.6 is 0 Å². The molecule has 0 spiro atoms. The quantitative estimate of drug-likeness (QED) is 0.374. The van der Waals surface area contributed by atoms with E-state index in [2.05, 4.69) is 9.47 Å². The van der Waals surface area contributed by atoms with Crippen LogP contribution in [0.25, 0.3) is 0 Å². The molecule has 6 nitrogen and oxygen atoms in total. The molecule has 2 fully saturated rings. The van der Waals surface area contributed by atoms with Crippen LogP contribution in [0.5, 0.6) is 0 Å². The second-order valence-electron chi connectivity index (χ2n) is 4.79. The molecule has 0 aromatic carbocycles. The van der Waals surface area contributed by atoms with E-state index in [1.807, 2.05) is 0 Å². The van der Waals surface area contributed by atoms with E-state index in [0.29, 0.717) is 6.29 Å². The molecule has 1 saturated carbocycles. The van der Waals surface area contributed by atoms with Gasteiger partial charge in [0, 0.05) is 0 Å². The Kier molecular flexibility index (Phi) is 2.18. The van der Waals surface area contributed by atoms with Crippen LogP contribution in [-0.2, 0) is 28.7 Å². The molecule has 4 atom stereocenters. The molecule has 1 saturated heterocycles. The van der Waals surface area contributed by atoms with Gasteiger partial charge >= 0.3 is 17.9 Å². The summed E-state index contributed by atoms with van der Waals surface area (Å²) in [6.45, 7) is 2.92. The topological polar surface area (TPSA) is 86.7 Å². The van der Waals surface area contributed by atoms with E-state index in [4.69, 9.17) is 0 Å². The molecule has 0 aromatic heterocycles. The Bertz CT molecular complexity index is 441. The predicted octanol–water partition coefficient (Wildman–Crippen LogP) is -0.300. The van der Waals surface area contributed by atoms with Gasteiger partial charge in [0.2, 0.25) is 0 Å². The molecule has 0 N–H and O–H groups in total. The lowest BCUT2D eigenvalue weighted by atomic mass is 9.40. The maximum Gasteiger partial charge on any atom is 0.318 e. The van der Waals surface area contributed by atoms with Crippen molar-refractivity contribution in [2.75, 3.05) is 7.11 Å². The molecule has 0 amide bonds. The number of rotatable bonds is 2. The van der Waals surface area contributed by atoms with Gasteiger partial charge in [-0.05, 0) is 6.92 Å². The monoisotopic (exact) mass is 240 g/mol. The summed E-state index contributed by atoms with van der Waals surface area (Å²) in [5.41, 5.74) is -2.59. The van der Waals surface area contributed by atoms with Gasteiger partial charge in [0.1, 0.15) is 6.29 Å². The van der Waals surface area contributed by atoms with Gasteiger partial charge in [0.25, 0.3) is 0 Å². The van der Waals surface area contributed by atoms with Gasteiger partial charge in [-0.1, -0.05) is 6.92 Å². The smallest absolute Gasteiger partial charge is 0.318 e. The normalized spacial score (nSPS) is 43.5. The minimum absolute atomic E-state index is 0.533. The number of carbonyl (C=O) groups excluding carboxylic acids is 4. The molecule has 0 bridgehead atoms. The fraction of sp³-hybridized carbons (Fsp3) is 0.636. The van der Waals surface area contributed by atoms with Crippen molar-refractivity contribution in [3.8, 4) is 0 Å². The Labute approximate surface area is 97.3 Å². The summed E-state index contributed by atoms with van der Waals surface area (Å²) < 4.78 is 9.12. The van der Waals surface area contributed by atoms with Gasteiger partial charge in [-0.15, -0.1) is 0 Å². The zero-order valence-electron chi connectivity index (χ0n) is 9.68. The number of ether oxygens (including phenoxy) is 2. The van der Waals surface area contributed by atoms with Gasteiger partial charge in [0.15, 0.2) is 0 Å². The Morgan fingerprint density at radius 2 is 1.82 bits per heavy atom. The van der Waals surface area contributed by atoms with Crippen molar-refractivity contribution in [1.29, 1.82) is 0 Å². The fourth-order valence-corrected chi connectivity index (χ4v) is 2.97. The lowest BCUT2D eigenvalue weighted by molar-refractivity contribution is -0.203. The first-order valence-electron chi connectivity index (χ1n) is 5.15. The van der Waals surface area contributed by atoms with Crippen LogP contribution in [0.4, 0.5) is 0 Å². The summed E-state index contributed by atoms with van der Waals surface area (Å²) in [6, 6.07) is 0. The van der Waals surface area contributed by atoms with Crippen molar-refractivity contribution in [1.82, 2.24) is 0 Å². The van der Waals surface area contributed by atoms with Gasteiger partial charge in [0.05, 0.1) is 29.8 Å². The number of aldehydes is 1. The van der Waals surface area contributed by atoms with E-state index < -0.39 is 40.6 Å². The third-order valence-corrected chi connectivity index (χ3v) is 4.28. The van der Waals surface area contributed by atoms with Crippen LogP contribution < -0.4 is 0 Å².